The number of hydrogen-bond donors (Lipinski definition) is 0. The van der Waals surface area contributed by atoms with E-state index in [1.165, 1.54) is 37.2 Å². The number of ether oxygens (including phenoxy) is 1. The van der Waals surface area contributed by atoms with Gasteiger partial charge in [-0.2, -0.15) is 0 Å². The lowest BCUT2D eigenvalue weighted by molar-refractivity contribution is -0.924. The van der Waals surface area contributed by atoms with E-state index >= 15 is 0 Å². The molecule has 0 aromatic rings. The summed E-state index contributed by atoms with van der Waals surface area (Å²) in [5.74, 6) is 0. The van der Waals surface area contributed by atoms with Crippen LogP contribution in [0.25, 0.3) is 0 Å². The van der Waals surface area contributed by atoms with Crippen molar-refractivity contribution < 1.29 is 47.7 Å². The molecular formula is C15H36Br2N2O. The van der Waals surface area contributed by atoms with Crippen LogP contribution in [0.2, 0.25) is 0 Å². The molecule has 0 unspecified atom stereocenters. The van der Waals surface area contributed by atoms with Crippen LogP contribution in [0, 0.1) is 0 Å². The molecule has 0 aliphatic heterocycles. The molecule has 0 heterocycles. The van der Waals surface area contributed by atoms with Gasteiger partial charge >= 0.3 is 0 Å². The van der Waals surface area contributed by atoms with Gasteiger partial charge < -0.3 is 47.7 Å². The van der Waals surface area contributed by atoms with Crippen molar-refractivity contribution in [2.45, 2.75) is 34.6 Å². The van der Waals surface area contributed by atoms with Gasteiger partial charge in [0.05, 0.1) is 53.0 Å². The predicted octanol–water partition coefficient (Wildman–Crippen LogP) is -3.63. The molecule has 0 radical (unpaired) electrons. The monoisotopic (exact) mass is 418 g/mol. The highest BCUT2D eigenvalue weighted by atomic mass is 79.9. The molecule has 0 aromatic heterocycles. The maximum Gasteiger partial charge on any atom is 0.102 e. The van der Waals surface area contributed by atoms with E-state index in [1.54, 1.807) is 0 Å². The quantitative estimate of drug-likeness (QED) is 0.248. The highest BCUT2D eigenvalue weighted by Gasteiger charge is 2.20. The van der Waals surface area contributed by atoms with E-state index in [2.05, 4.69) is 41.7 Å². The first-order valence-corrected chi connectivity index (χ1v) is 7.77. The average molecular weight is 420 g/mol. The molecule has 0 aromatic carbocycles. The Kier molecular flexibility index (Phi) is 17.4. The summed E-state index contributed by atoms with van der Waals surface area (Å²) in [6.07, 6.45) is 0. The van der Waals surface area contributed by atoms with E-state index in [9.17, 15) is 0 Å². The van der Waals surface area contributed by atoms with Crippen LogP contribution in [0.4, 0.5) is 0 Å². The summed E-state index contributed by atoms with van der Waals surface area (Å²) in [6, 6.07) is 0. The van der Waals surface area contributed by atoms with Crippen LogP contribution in [-0.4, -0.2) is 75.0 Å². The number of halogens is 2. The lowest BCUT2D eigenvalue weighted by Crippen LogP contribution is -3.00. The molecule has 0 spiro atoms. The number of hydrogen-bond acceptors (Lipinski definition) is 1. The van der Waals surface area contributed by atoms with Crippen molar-refractivity contribution in [2.75, 3.05) is 66.1 Å². The summed E-state index contributed by atoms with van der Waals surface area (Å²) in [5, 5.41) is 0. The lowest BCUT2D eigenvalue weighted by Gasteiger charge is -2.36. The van der Waals surface area contributed by atoms with Gasteiger partial charge in [0.15, 0.2) is 0 Å². The second-order valence-electron chi connectivity index (χ2n) is 5.60. The van der Waals surface area contributed by atoms with Crippen LogP contribution in [0.1, 0.15) is 34.6 Å². The maximum absolute atomic E-state index is 5.86. The van der Waals surface area contributed by atoms with Crippen LogP contribution in [-0.2, 0) is 4.74 Å². The summed E-state index contributed by atoms with van der Waals surface area (Å²) in [7, 11) is 2.31. The average Bonchev–Trinajstić information content (AvgIpc) is 2.43. The molecule has 0 fully saturated rings. The van der Waals surface area contributed by atoms with Gasteiger partial charge in [0.25, 0.3) is 0 Å². The third kappa shape index (κ3) is 8.98. The van der Waals surface area contributed by atoms with E-state index < -0.39 is 0 Å². The Morgan fingerprint density at radius 1 is 0.650 bits per heavy atom. The van der Waals surface area contributed by atoms with E-state index in [4.69, 9.17) is 4.74 Å². The minimum Gasteiger partial charge on any atom is -1.00 e. The third-order valence-corrected chi connectivity index (χ3v) is 5.02. The van der Waals surface area contributed by atoms with Crippen LogP contribution < -0.4 is 34.0 Å². The van der Waals surface area contributed by atoms with Gasteiger partial charge in [-0.25, -0.2) is 0 Å². The van der Waals surface area contributed by atoms with Crippen molar-refractivity contribution in [1.82, 2.24) is 0 Å². The molecule has 0 atom stereocenters. The fraction of sp³-hybridized carbons (Fsp3) is 1.00. The lowest BCUT2D eigenvalue weighted by atomic mass is 10.3. The van der Waals surface area contributed by atoms with E-state index in [1.807, 2.05) is 0 Å². The Bertz CT molecular complexity index is 200. The first-order chi connectivity index (χ1) is 8.51. The summed E-state index contributed by atoms with van der Waals surface area (Å²) in [5.41, 5.74) is 0. The van der Waals surface area contributed by atoms with E-state index in [-0.39, 0.29) is 34.0 Å². The zero-order chi connectivity index (χ0) is 14.1. The van der Waals surface area contributed by atoms with Gasteiger partial charge in [-0.1, -0.05) is 0 Å². The maximum atomic E-state index is 5.86. The van der Waals surface area contributed by atoms with Gasteiger partial charge in [-0.3, -0.25) is 0 Å². The standard InChI is InChI=1S/C15H36N2O.2BrH/c1-7-16(6,8-2)12-14-18-15-13-17(9-3,10-4)11-5;;/h7-15H2,1-6H3;2*1H/q+2;;/p-2. The van der Waals surface area contributed by atoms with Crippen molar-refractivity contribution in [1.29, 1.82) is 0 Å². The van der Waals surface area contributed by atoms with Crippen LogP contribution in [0.3, 0.4) is 0 Å². The molecule has 0 saturated heterocycles. The van der Waals surface area contributed by atoms with Crippen LogP contribution >= 0.6 is 0 Å². The smallest absolute Gasteiger partial charge is 0.102 e. The van der Waals surface area contributed by atoms with Gasteiger partial charge in [0.1, 0.15) is 13.1 Å². The molecule has 0 saturated carbocycles. The zero-order valence-electron chi connectivity index (χ0n) is 14.4. The first kappa shape index (κ1) is 25.8. The van der Waals surface area contributed by atoms with Crippen molar-refractivity contribution >= 4 is 0 Å². The number of rotatable bonds is 11. The fourth-order valence-corrected chi connectivity index (χ4v) is 2.33. The van der Waals surface area contributed by atoms with Crippen LogP contribution in [0.15, 0.2) is 0 Å². The number of quaternary nitrogens is 2. The molecule has 20 heavy (non-hydrogen) atoms. The second-order valence-corrected chi connectivity index (χ2v) is 5.60. The van der Waals surface area contributed by atoms with E-state index in [0.29, 0.717) is 0 Å². The second kappa shape index (κ2) is 13.5. The Morgan fingerprint density at radius 2 is 1.05 bits per heavy atom. The van der Waals surface area contributed by atoms with Crippen LogP contribution in [0.5, 0.6) is 0 Å². The molecule has 126 valence electrons. The summed E-state index contributed by atoms with van der Waals surface area (Å²) in [6.45, 7) is 21.5. The minimum absolute atomic E-state index is 0. The molecule has 3 nitrogen and oxygen atoms in total. The highest BCUT2D eigenvalue weighted by Crippen LogP contribution is 2.05. The third-order valence-electron chi connectivity index (χ3n) is 5.02. The summed E-state index contributed by atoms with van der Waals surface area (Å²) >= 11 is 0. The molecule has 5 heteroatoms. The summed E-state index contributed by atoms with van der Waals surface area (Å²) < 4.78 is 8.17. The fourth-order valence-electron chi connectivity index (χ4n) is 2.33. The zero-order valence-corrected chi connectivity index (χ0v) is 17.6. The molecule has 0 amide bonds. The largest absolute Gasteiger partial charge is 1.00 e. The molecule has 0 aliphatic rings. The molecule has 0 aliphatic carbocycles. The normalized spacial score (nSPS) is 11.7. The molecule has 0 bridgehead atoms. The molecular weight excluding hydrogens is 384 g/mol. The van der Waals surface area contributed by atoms with Crippen molar-refractivity contribution in [3.63, 3.8) is 0 Å². The van der Waals surface area contributed by atoms with Crippen molar-refractivity contribution in [3.8, 4) is 0 Å². The Balaban J connectivity index is -0.00000144. The summed E-state index contributed by atoms with van der Waals surface area (Å²) in [4.78, 5) is 0. The minimum atomic E-state index is 0. The Labute approximate surface area is 148 Å². The number of likely N-dealkylation sites (N-methyl/N-ethyl adjacent to an activating group) is 2. The number of nitrogens with zero attached hydrogens (tertiary/aromatic N) is 2. The van der Waals surface area contributed by atoms with Gasteiger partial charge in [0.2, 0.25) is 0 Å². The Hall–Kier alpha value is 0.840. The van der Waals surface area contributed by atoms with Crippen molar-refractivity contribution in [2.24, 2.45) is 0 Å². The molecule has 0 rings (SSSR count). The Morgan fingerprint density at radius 3 is 1.40 bits per heavy atom. The van der Waals surface area contributed by atoms with E-state index in [0.717, 1.165) is 30.8 Å². The van der Waals surface area contributed by atoms with Crippen molar-refractivity contribution in [3.05, 3.63) is 0 Å². The first-order valence-electron chi connectivity index (χ1n) is 7.77. The van der Waals surface area contributed by atoms with Gasteiger partial charge in [0, 0.05) is 0 Å². The van der Waals surface area contributed by atoms with Gasteiger partial charge in [-0.05, 0) is 34.6 Å². The SMILES string of the molecule is CC[N+](C)(CC)CCOCC[N+](CC)(CC)CC.[Br-].[Br-]. The van der Waals surface area contributed by atoms with Gasteiger partial charge in [-0.15, -0.1) is 0 Å². The highest BCUT2D eigenvalue weighted by molar-refractivity contribution is 4.40. The topological polar surface area (TPSA) is 9.23 Å². The predicted molar refractivity (Wildman–Crippen MR) is 79.7 cm³/mol. The molecule has 0 N–H and O–H groups in total.